The summed E-state index contributed by atoms with van der Waals surface area (Å²) in [6.07, 6.45) is 2.86. The number of ether oxygens (including phenoxy) is 1. The SMILES string of the molecule is CCCC1CN(Cc2ccccc2)CO1. The molecule has 0 spiro atoms. The van der Waals surface area contributed by atoms with E-state index in [1.54, 1.807) is 0 Å². The van der Waals surface area contributed by atoms with Crippen molar-refractivity contribution in [1.29, 1.82) is 0 Å². The molecule has 0 aromatic heterocycles. The minimum Gasteiger partial charge on any atom is -0.362 e. The second-order valence-electron chi connectivity index (χ2n) is 4.20. The maximum Gasteiger partial charge on any atom is 0.0998 e. The molecule has 1 aromatic rings. The first kappa shape index (κ1) is 10.7. The quantitative estimate of drug-likeness (QED) is 0.749. The molecule has 2 rings (SSSR count). The molecule has 15 heavy (non-hydrogen) atoms. The van der Waals surface area contributed by atoms with Crippen molar-refractivity contribution < 1.29 is 4.74 Å². The molecule has 1 aliphatic rings. The molecular weight excluding hydrogens is 186 g/mol. The largest absolute Gasteiger partial charge is 0.362 e. The summed E-state index contributed by atoms with van der Waals surface area (Å²) in [6.45, 7) is 5.10. The molecule has 1 heterocycles. The van der Waals surface area contributed by atoms with E-state index in [1.165, 1.54) is 18.4 Å². The monoisotopic (exact) mass is 205 g/mol. The molecular formula is C13H19NO. The molecule has 0 saturated carbocycles. The predicted molar refractivity (Wildman–Crippen MR) is 61.5 cm³/mol. The van der Waals surface area contributed by atoms with Gasteiger partial charge in [-0.3, -0.25) is 4.90 Å². The van der Waals surface area contributed by atoms with Crippen LogP contribution in [0, 0.1) is 0 Å². The van der Waals surface area contributed by atoms with Crippen LogP contribution in [-0.2, 0) is 11.3 Å². The highest BCUT2D eigenvalue weighted by molar-refractivity contribution is 5.14. The van der Waals surface area contributed by atoms with Crippen molar-refractivity contribution in [3.05, 3.63) is 35.9 Å². The van der Waals surface area contributed by atoms with Gasteiger partial charge in [0, 0.05) is 13.1 Å². The van der Waals surface area contributed by atoms with Crippen molar-refractivity contribution in [2.45, 2.75) is 32.4 Å². The van der Waals surface area contributed by atoms with E-state index in [4.69, 9.17) is 4.74 Å². The van der Waals surface area contributed by atoms with Crippen LogP contribution in [0.4, 0.5) is 0 Å². The summed E-state index contributed by atoms with van der Waals surface area (Å²) in [5.41, 5.74) is 1.37. The van der Waals surface area contributed by atoms with Crippen LogP contribution in [0.15, 0.2) is 30.3 Å². The van der Waals surface area contributed by atoms with Gasteiger partial charge >= 0.3 is 0 Å². The van der Waals surface area contributed by atoms with Crippen LogP contribution in [0.25, 0.3) is 0 Å². The van der Waals surface area contributed by atoms with E-state index in [2.05, 4.69) is 42.2 Å². The first-order valence-electron chi connectivity index (χ1n) is 5.76. The molecule has 0 amide bonds. The fourth-order valence-electron chi connectivity index (χ4n) is 2.05. The van der Waals surface area contributed by atoms with Crippen molar-refractivity contribution in [2.75, 3.05) is 13.3 Å². The molecule has 1 unspecified atom stereocenters. The highest BCUT2D eigenvalue weighted by Gasteiger charge is 2.21. The van der Waals surface area contributed by atoms with E-state index in [0.29, 0.717) is 6.10 Å². The molecule has 0 N–H and O–H groups in total. The van der Waals surface area contributed by atoms with Gasteiger partial charge in [0.05, 0.1) is 12.8 Å². The first-order valence-corrected chi connectivity index (χ1v) is 5.76. The smallest absolute Gasteiger partial charge is 0.0998 e. The van der Waals surface area contributed by atoms with Crippen molar-refractivity contribution in [3.8, 4) is 0 Å². The number of benzene rings is 1. The lowest BCUT2D eigenvalue weighted by atomic mass is 10.2. The van der Waals surface area contributed by atoms with Gasteiger partial charge in [-0.15, -0.1) is 0 Å². The Bertz CT molecular complexity index is 286. The van der Waals surface area contributed by atoms with Crippen LogP contribution in [0.2, 0.25) is 0 Å². The summed E-state index contributed by atoms with van der Waals surface area (Å²) in [7, 11) is 0. The van der Waals surface area contributed by atoms with Gasteiger partial charge in [0.25, 0.3) is 0 Å². The van der Waals surface area contributed by atoms with Crippen LogP contribution >= 0.6 is 0 Å². The van der Waals surface area contributed by atoms with Crippen LogP contribution in [-0.4, -0.2) is 24.3 Å². The van der Waals surface area contributed by atoms with Gasteiger partial charge in [0.15, 0.2) is 0 Å². The van der Waals surface area contributed by atoms with Crippen LogP contribution in [0.1, 0.15) is 25.3 Å². The zero-order chi connectivity index (χ0) is 10.5. The van der Waals surface area contributed by atoms with E-state index in [-0.39, 0.29) is 0 Å². The zero-order valence-electron chi connectivity index (χ0n) is 9.36. The highest BCUT2D eigenvalue weighted by Crippen LogP contribution is 2.15. The Kier molecular flexibility index (Phi) is 3.75. The van der Waals surface area contributed by atoms with Crippen molar-refractivity contribution in [1.82, 2.24) is 4.90 Å². The van der Waals surface area contributed by atoms with Crippen LogP contribution in [0.3, 0.4) is 0 Å². The van der Waals surface area contributed by atoms with Gasteiger partial charge in [0.2, 0.25) is 0 Å². The van der Waals surface area contributed by atoms with Gasteiger partial charge in [-0.2, -0.15) is 0 Å². The molecule has 1 fully saturated rings. The van der Waals surface area contributed by atoms with E-state index in [1.807, 2.05) is 0 Å². The minimum atomic E-state index is 0.457. The molecule has 2 nitrogen and oxygen atoms in total. The number of nitrogens with zero attached hydrogens (tertiary/aromatic N) is 1. The Labute approximate surface area is 91.9 Å². The lowest BCUT2D eigenvalue weighted by Crippen LogP contribution is -2.21. The number of rotatable bonds is 4. The first-order chi connectivity index (χ1) is 7.38. The normalized spacial score (nSPS) is 22.1. The molecule has 1 aliphatic heterocycles. The third kappa shape index (κ3) is 3.05. The fraction of sp³-hybridized carbons (Fsp3) is 0.538. The molecule has 0 bridgehead atoms. The standard InChI is InChI=1S/C13H19NO/c1-2-6-13-10-14(11-15-13)9-12-7-4-3-5-8-12/h3-5,7-8,13H,2,6,9-11H2,1H3. The van der Waals surface area contributed by atoms with Gasteiger partial charge in [0.1, 0.15) is 0 Å². The summed E-state index contributed by atoms with van der Waals surface area (Å²) >= 11 is 0. The summed E-state index contributed by atoms with van der Waals surface area (Å²) in [5.74, 6) is 0. The van der Waals surface area contributed by atoms with Gasteiger partial charge < -0.3 is 4.74 Å². The molecule has 1 saturated heterocycles. The molecule has 82 valence electrons. The Morgan fingerprint density at radius 1 is 1.33 bits per heavy atom. The molecule has 0 radical (unpaired) electrons. The van der Waals surface area contributed by atoms with Gasteiger partial charge in [-0.05, 0) is 12.0 Å². The molecule has 1 aromatic carbocycles. The highest BCUT2D eigenvalue weighted by atomic mass is 16.5. The van der Waals surface area contributed by atoms with E-state index >= 15 is 0 Å². The van der Waals surface area contributed by atoms with Crippen LogP contribution in [0.5, 0.6) is 0 Å². The van der Waals surface area contributed by atoms with E-state index in [0.717, 1.165) is 19.8 Å². The van der Waals surface area contributed by atoms with Crippen molar-refractivity contribution >= 4 is 0 Å². The topological polar surface area (TPSA) is 12.5 Å². The maximum absolute atomic E-state index is 5.70. The average molecular weight is 205 g/mol. The van der Waals surface area contributed by atoms with Crippen LogP contribution < -0.4 is 0 Å². The summed E-state index contributed by atoms with van der Waals surface area (Å²) in [6, 6.07) is 10.6. The third-order valence-corrected chi connectivity index (χ3v) is 2.81. The Hall–Kier alpha value is -0.860. The van der Waals surface area contributed by atoms with E-state index < -0.39 is 0 Å². The fourth-order valence-corrected chi connectivity index (χ4v) is 2.05. The van der Waals surface area contributed by atoms with Crippen molar-refractivity contribution in [2.24, 2.45) is 0 Å². The zero-order valence-corrected chi connectivity index (χ0v) is 9.36. The number of hydrogen-bond donors (Lipinski definition) is 0. The second kappa shape index (κ2) is 5.29. The van der Waals surface area contributed by atoms with Gasteiger partial charge in [-0.1, -0.05) is 43.7 Å². The van der Waals surface area contributed by atoms with E-state index in [9.17, 15) is 0 Å². The third-order valence-electron chi connectivity index (χ3n) is 2.81. The Balaban J connectivity index is 1.82. The lowest BCUT2D eigenvalue weighted by molar-refractivity contribution is 0.0830. The maximum atomic E-state index is 5.70. The summed E-state index contributed by atoms with van der Waals surface area (Å²) < 4.78 is 5.70. The summed E-state index contributed by atoms with van der Waals surface area (Å²) in [4.78, 5) is 2.37. The molecule has 1 atom stereocenters. The summed E-state index contributed by atoms with van der Waals surface area (Å²) in [5, 5.41) is 0. The van der Waals surface area contributed by atoms with Crippen molar-refractivity contribution in [3.63, 3.8) is 0 Å². The number of hydrogen-bond acceptors (Lipinski definition) is 2. The molecule has 2 heteroatoms. The molecule has 0 aliphatic carbocycles. The predicted octanol–water partition coefficient (Wildman–Crippen LogP) is 2.65. The second-order valence-corrected chi connectivity index (χ2v) is 4.20. The Morgan fingerprint density at radius 2 is 2.13 bits per heavy atom. The lowest BCUT2D eigenvalue weighted by Gasteiger charge is -2.13. The van der Waals surface area contributed by atoms with Gasteiger partial charge in [-0.25, -0.2) is 0 Å². The average Bonchev–Trinajstić information content (AvgIpc) is 2.68. The minimum absolute atomic E-state index is 0.457. The Morgan fingerprint density at radius 3 is 2.87 bits per heavy atom.